The summed E-state index contributed by atoms with van der Waals surface area (Å²) in [4.78, 5) is 8.35. The molecule has 4 nitrogen and oxygen atoms in total. The summed E-state index contributed by atoms with van der Waals surface area (Å²) in [6.07, 6.45) is 5.43. The Morgan fingerprint density at radius 3 is 2.70 bits per heavy atom. The number of rotatable bonds is 3. The summed E-state index contributed by atoms with van der Waals surface area (Å²) in [5.74, 6) is 0.959. The van der Waals surface area contributed by atoms with Crippen LogP contribution in [0.2, 0.25) is 0 Å². The number of aromatic nitrogens is 2. The number of thiophene rings is 1. The molecule has 1 aliphatic carbocycles. The van der Waals surface area contributed by atoms with E-state index in [1.165, 1.54) is 16.0 Å². The maximum Gasteiger partial charge on any atom is 0.106 e. The Morgan fingerprint density at radius 2 is 2.00 bits per heavy atom. The van der Waals surface area contributed by atoms with Gasteiger partial charge in [0.15, 0.2) is 0 Å². The Bertz CT molecular complexity index is 925. The Morgan fingerprint density at radius 1 is 1.19 bits per heavy atom. The minimum atomic E-state index is -0.410. The fourth-order valence-electron chi connectivity index (χ4n) is 5.12. The molecule has 0 amide bonds. The lowest BCUT2D eigenvalue weighted by molar-refractivity contribution is 0.0203. The second-order valence-electron chi connectivity index (χ2n) is 7.87. The van der Waals surface area contributed by atoms with Crippen molar-refractivity contribution >= 4 is 11.3 Å². The Kier molecular flexibility index (Phi) is 4.19. The van der Waals surface area contributed by atoms with Crippen LogP contribution in [0.5, 0.6) is 0 Å². The van der Waals surface area contributed by atoms with Gasteiger partial charge in [-0.05, 0) is 55.4 Å². The van der Waals surface area contributed by atoms with Crippen LogP contribution in [-0.2, 0) is 12.0 Å². The predicted molar refractivity (Wildman–Crippen MR) is 108 cm³/mol. The van der Waals surface area contributed by atoms with Gasteiger partial charge < -0.3 is 9.67 Å². The number of aliphatic hydroxyl groups excluding tert-OH is 1. The minimum absolute atomic E-state index is 0.0347. The lowest BCUT2D eigenvalue weighted by Gasteiger charge is -2.42. The molecule has 1 aromatic carbocycles. The first-order valence-corrected chi connectivity index (χ1v) is 10.6. The zero-order valence-electron chi connectivity index (χ0n) is 15.6. The first kappa shape index (κ1) is 17.2. The average Bonchev–Trinajstić information content (AvgIpc) is 3.39. The number of piperidine rings is 1. The zero-order valence-corrected chi connectivity index (χ0v) is 16.4. The van der Waals surface area contributed by atoms with E-state index >= 15 is 0 Å². The summed E-state index contributed by atoms with van der Waals surface area (Å²) in [5, 5.41) is 13.7. The molecule has 0 radical (unpaired) electrons. The van der Waals surface area contributed by atoms with Crippen LogP contribution in [0, 0.1) is 6.92 Å². The van der Waals surface area contributed by atoms with E-state index in [2.05, 4.69) is 56.2 Å². The van der Waals surface area contributed by atoms with Crippen LogP contribution >= 0.6 is 11.3 Å². The van der Waals surface area contributed by atoms with Gasteiger partial charge in [0.2, 0.25) is 0 Å². The molecule has 3 aromatic rings. The van der Waals surface area contributed by atoms with Gasteiger partial charge in [-0.1, -0.05) is 30.3 Å². The van der Waals surface area contributed by atoms with Gasteiger partial charge in [0, 0.05) is 29.2 Å². The number of aliphatic hydroxyl groups is 1. The molecule has 5 rings (SSSR count). The van der Waals surface area contributed by atoms with Crippen molar-refractivity contribution in [2.75, 3.05) is 13.1 Å². The van der Waals surface area contributed by atoms with Crippen LogP contribution in [-0.4, -0.2) is 38.8 Å². The molecule has 1 saturated heterocycles. The van der Waals surface area contributed by atoms with E-state index in [9.17, 15) is 5.11 Å². The van der Waals surface area contributed by atoms with Crippen molar-refractivity contribution in [3.8, 4) is 0 Å². The van der Waals surface area contributed by atoms with Crippen LogP contribution in [0.15, 0.2) is 54.2 Å². The summed E-state index contributed by atoms with van der Waals surface area (Å²) < 4.78 is 2.15. The third-order valence-electron chi connectivity index (χ3n) is 6.55. The molecule has 5 heteroatoms. The molecule has 1 aliphatic heterocycles. The van der Waals surface area contributed by atoms with E-state index in [4.69, 9.17) is 0 Å². The topological polar surface area (TPSA) is 41.3 Å². The molecule has 27 heavy (non-hydrogen) atoms. The molecular formula is C22H25N3OS. The number of nitrogens with zero attached hydrogens (tertiary/aromatic N) is 3. The van der Waals surface area contributed by atoms with Gasteiger partial charge in [-0.3, -0.25) is 4.90 Å². The molecule has 140 valence electrons. The van der Waals surface area contributed by atoms with Crippen molar-refractivity contribution in [3.63, 3.8) is 0 Å². The summed E-state index contributed by atoms with van der Waals surface area (Å²) in [5.41, 5.74) is 2.45. The molecular weight excluding hydrogens is 354 g/mol. The normalized spacial score (nSPS) is 24.4. The number of aryl methyl sites for hydroxylation is 1. The quantitative estimate of drug-likeness (QED) is 0.754. The average molecular weight is 380 g/mol. The van der Waals surface area contributed by atoms with Crippen molar-refractivity contribution in [2.45, 2.75) is 43.9 Å². The molecule has 0 unspecified atom stereocenters. The van der Waals surface area contributed by atoms with Crippen molar-refractivity contribution in [1.82, 2.24) is 14.5 Å². The summed E-state index contributed by atoms with van der Waals surface area (Å²) >= 11 is 1.83. The smallest absolute Gasteiger partial charge is 0.106 e. The summed E-state index contributed by atoms with van der Waals surface area (Å²) in [7, 11) is 0. The molecule has 2 aromatic heterocycles. The highest BCUT2D eigenvalue weighted by molar-refractivity contribution is 7.09. The molecule has 2 aliphatic rings. The first-order valence-electron chi connectivity index (χ1n) is 9.71. The van der Waals surface area contributed by atoms with E-state index in [0.717, 1.165) is 38.3 Å². The third-order valence-corrected chi connectivity index (χ3v) is 7.41. The second-order valence-corrected chi connectivity index (χ2v) is 8.90. The highest BCUT2D eigenvalue weighted by Crippen LogP contribution is 2.52. The molecule has 0 bridgehead atoms. The maximum absolute atomic E-state index is 11.6. The van der Waals surface area contributed by atoms with Gasteiger partial charge in [0.05, 0.1) is 12.1 Å². The van der Waals surface area contributed by atoms with E-state index < -0.39 is 6.10 Å². The number of imidazole rings is 1. The fraction of sp³-hybridized carbons (Fsp3) is 0.409. The minimum Gasteiger partial charge on any atom is -0.390 e. The van der Waals surface area contributed by atoms with E-state index in [-0.39, 0.29) is 11.5 Å². The Balaban J connectivity index is 1.46. The van der Waals surface area contributed by atoms with Crippen molar-refractivity contribution in [3.05, 3.63) is 76.0 Å². The van der Waals surface area contributed by atoms with Crippen molar-refractivity contribution in [1.29, 1.82) is 0 Å². The van der Waals surface area contributed by atoms with Crippen LogP contribution < -0.4 is 0 Å². The fourth-order valence-corrected chi connectivity index (χ4v) is 5.87. The van der Waals surface area contributed by atoms with Crippen molar-refractivity contribution < 1.29 is 5.11 Å². The molecule has 3 heterocycles. The predicted octanol–water partition coefficient (Wildman–Crippen LogP) is 3.75. The van der Waals surface area contributed by atoms with Gasteiger partial charge in [-0.15, -0.1) is 11.3 Å². The first-order chi connectivity index (χ1) is 13.2. The molecule has 1 spiro atoms. The number of hydrogen-bond donors (Lipinski definition) is 1. The van der Waals surface area contributed by atoms with Gasteiger partial charge in [0.1, 0.15) is 5.82 Å². The second kappa shape index (κ2) is 6.59. The van der Waals surface area contributed by atoms with Crippen LogP contribution in [0.25, 0.3) is 0 Å². The Labute approximate surface area is 164 Å². The van der Waals surface area contributed by atoms with Crippen LogP contribution in [0.3, 0.4) is 0 Å². The maximum atomic E-state index is 11.6. The summed E-state index contributed by atoms with van der Waals surface area (Å²) in [6, 6.07) is 12.9. The lowest BCUT2D eigenvalue weighted by atomic mass is 9.72. The highest BCUT2D eigenvalue weighted by atomic mass is 32.1. The standard InChI is InChI=1S/C22H25N3OS/c1-16-23-10-13-25(16)20-18-6-2-3-7-19(18)22(21(20)26)8-11-24(12-9-22)15-17-5-4-14-27-17/h2-7,10,13-14,20-21,26H,8-9,11-12,15H2,1H3/t20-,21+/m1/s1. The largest absolute Gasteiger partial charge is 0.390 e. The molecule has 1 fully saturated rings. The third kappa shape index (κ3) is 2.68. The van der Waals surface area contributed by atoms with Crippen molar-refractivity contribution in [2.24, 2.45) is 0 Å². The number of benzene rings is 1. The highest BCUT2D eigenvalue weighted by Gasteiger charge is 2.53. The number of hydrogen-bond acceptors (Lipinski definition) is 4. The van der Waals surface area contributed by atoms with Crippen LogP contribution in [0.1, 0.15) is 40.7 Å². The van der Waals surface area contributed by atoms with E-state index in [1.807, 2.05) is 30.7 Å². The summed E-state index contributed by atoms with van der Waals surface area (Å²) in [6.45, 7) is 5.09. The zero-order chi connectivity index (χ0) is 18.4. The number of likely N-dealkylation sites (tertiary alicyclic amines) is 1. The number of fused-ring (bicyclic) bond motifs is 2. The monoisotopic (exact) mass is 379 g/mol. The Hall–Kier alpha value is -1.95. The van der Waals surface area contributed by atoms with Crippen LogP contribution in [0.4, 0.5) is 0 Å². The van der Waals surface area contributed by atoms with Gasteiger partial charge in [-0.2, -0.15) is 0 Å². The van der Waals surface area contributed by atoms with Gasteiger partial charge in [0.25, 0.3) is 0 Å². The van der Waals surface area contributed by atoms with E-state index in [1.54, 1.807) is 0 Å². The SMILES string of the molecule is Cc1nccn1[C@@H]1c2ccccc2C2(CCN(Cc3cccs3)CC2)[C@H]1O. The van der Waals surface area contributed by atoms with Gasteiger partial charge >= 0.3 is 0 Å². The van der Waals surface area contributed by atoms with Gasteiger partial charge in [-0.25, -0.2) is 4.98 Å². The van der Waals surface area contributed by atoms with E-state index in [0.29, 0.717) is 0 Å². The molecule has 0 saturated carbocycles. The lowest BCUT2D eigenvalue weighted by Crippen LogP contribution is -2.48. The molecule has 1 N–H and O–H groups in total. The molecule has 2 atom stereocenters.